The number of aryl methyl sites for hydroxylation is 2. The summed E-state index contributed by atoms with van der Waals surface area (Å²) in [5.74, 6) is 1.57. The van der Waals surface area contributed by atoms with Crippen LogP contribution < -0.4 is 0 Å². The summed E-state index contributed by atoms with van der Waals surface area (Å²) < 4.78 is 14.7. The van der Waals surface area contributed by atoms with Gasteiger partial charge in [0.2, 0.25) is 0 Å². The predicted octanol–water partition coefficient (Wildman–Crippen LogP) is 7.16. The van der Waals surface area contributed by atoms with Gasteiger partial charge in [-0.2, -0.15) is 10.2 Å². The Labute approximate surface area is 170 Å². The minimum absolute atomic E-state index is 0.180. The number of aromatic nitrogens is 2. The average molecular weight is 383 g/mol. The maximum atomic E-state index is 14.7. The highest BCUT2D eigenvalue weighted by Crippen LogP contribution is 2.33. The first-order valence-electron chi connectivity index (χ1n) is 11.3. The molecule has 28 heavy (non-hydrogen) atoms. The van der Waals surface area contributed by atoms with Crippen molar-refractivity contribution in [3.8, 4) is 11.3 Å². The molecule has 3 heteroatoms. The molecule has 1 fully saturated rings. The molecule has 0 unspecified atom stereocenters. The molecule has 0 bridgehead atoms. The van der Waals surface area contributed by atoms with Crippen molar-refractivity contribution in [3.63, 3.8) is 0 Å². The van der Waals surface area contributed by atoms with Gasteiger partial charge in [-0.3, -0.25) is 0 Å². The van der Waals surface area contributed by atoms with Gasteiger partial charge in [-0.15, -0.1) is 0 Å². The van der Waals surface area contributed by atoms with Crippen molar-refractivity contribution in [1.82, 2.24) is 10.2 Å². The Hall–Kier alpha value is -1.77. The zero-order chi connectivity index (χ0) is 19.8. The second-order valence-corrected chi connectivity index (χ2v) is 8.51. The molecule has 1 aliphatic carbocycles. The molecule has 0 N–H and O–H groups in total. The lowest BCUT2D eigenvalue weighted by Gasteiger charge is -2.27. The van der Waals surface area contributed by atoms with Crippen molar-refractivity contribution in [2.24, 2.45) is 11.8 Å². The Bertz CT molecular complexity index is 718. The number of benzene rings is 1. The fourth-order valence-electron chi connectivity index (χ4n) is 4.41. The molecule has 152 valence electrons. The Kier molecular flexibility index (Phi) is 8.00. The van der Waals surface area contributed by atoms with Gasteiger partial charge >= 0.3 is 0 Å². The van der Waals surface area contributed by atoms with Crippen LogP contribution in [0.3, 0.4) is 0 Å². The monoisotopic (exact) mass is 382 g/mol. The van der Waals surface area contributed by atoms with Gasteiger partial charge in [0, 0.05) is 5.56 Å². The summed E-state index contributed by atoms with van der Waals surface area (Å²) in [6, 6.07) is 9.52. The van der Waals surface area contributed by atoms with E-state index in [0.29, 0.717) is 11.3 Å². The predicted molar refractivity (Wildman–Crippen MR) is 115 cm³/mol. The molecule has 3 rings (SSSR count). The van der Waals surface area contributed by atoms with E-state index in [1.165, 1.54) is 51.4 Å². The van der Waals surface area contributed by atoms with Gasteiger partial charge in [-0.1, -0.05) is 64.9 Å². The van der Waals surface area contributed by atoms with Crippen molar-refractivity contribution in [3.05, 3.63) is 47.4 Å². The van der Waals surface area contributed by atoms with Crippen molar-refractivity contribution in [1.29, 1.82) is 0 Å². The third-order valence-corrected chi connectivity index (χ3v) is 6.45. The van der Waals surface area contributed by atoms with Crippen LogP contribution in [0.4, 0.5) is 4.39 Å². The maximum absolute atomic E-state index is 14.7. The Morgan fingerprint density at radius 3 is 2.32 bits per heavy atom. The van der Waals surface area contributed by atoms with E-state index in [-0.39, 0.29) is 5.82 Å². The number of nitrogens with zero attached hydrogens (tertiary/aromatic N) is 2. The quantitative estimate of drug-likeness (QED) is 0.430. The Morgan fingerprint density at radius 1 is 0.893 bits per heavy atom. The molecule has 0 aliphatic heterocycles. The number of unbranched alkanes of at least 4 members (excludes halogenated alkanes) is 2. The van der Waals surface area contributed by atoms with Crippen LogP contribution in [0.15, 0.2) is 30.3 Å². The molecule has 1 aromatic heterocycles. The maximum Gasteiger partial charge on any atom is 0.132 e. The van der Waals surface area contributed by atoms with Gasteiger partial charge in [0.15, 0.2) is 0 Å². The van der Waals surface area contributed by atoms with E-state index >= 15 is 0 Å². The number of halogens is 1. The fraction of sp³-hybridized carbons (Fsp3) is 0.600. The molecule has 2 aromatic rings. The summed E-state index contributed by atoms with van der Waals surface area (Å²) >= 11 is 0. The molecule has 0 spiro atoms. The molecule has 0 atom stereocenters. The van der Waals surface area contributed by atoms with E-state index in [0.717, 1.165) is 42.4 Å². The summed E-state index contributed by atoms with van der Waals surface area (Å²) in [6.07, 6.45) is 13.4. The van der Waals surface area contributed by atoms with Crippen LogP contribution >= 0.6 is 0 Å². The van der Waals surface area contributed by atoms with Crippen molar-refractivity contribution >= 4 is 0 Å². The number of rotatable bonds is 9. The van der Waals surface area contributed by atoms with E-state index in [1.807, 2.05) is 18.2 Å². The lowest BCUT2D eigenvalue weighted by atomic mass is 9.78. The van der Waals surface area contributed by atoms with E-state index in [9.17, 15) is 4.39 Å². The second-order valence-electron chi connectivity index (χ2n) is 8.51. The lowest BCUT2D eigenvalue weighted by Crippen LogP contribution is -2.14. The molecule has 1 aliphatic rings. The SMILES string of the molecule is CCCCCc1ccc(-c2ccc(CCC3CCC(CC)CC3)cc2F)nn1. The van der Waals surface area contributed by atoms with Crippen LogP contribution in [0.5, 0.6) is 0 Å². The second kappa shape index (κ2) is 10.7. The molecular weight excluding hydrogens is 347 g/mol. The highest BCUT2D eigenvalue weighted by Gasteiger charge is 2.19. The normalized spacial score (nSPS) is 19.7. The standard InChI is InChI=1S/C25H35FN2/c1-3-5-6-7-22-15-17-25(28-27-22)23-16-14-21(18-24(23)26)13-12-20-10-8-19(4-2)9-11-20/h14-20H,3-13H2,1-2H3. The smallest absolute Gasteiger partial charge is 0.132 e. The molecular formula is C25H35FN2. The fourth-order valence-corrected chi connectivity index (χ4v) is 4.41. The largest absolute Gasteiger partial charge is 0.206 e. The van der Waals surface area contributed by atoms with E-state index in [1.54, 1.807) is 6.07 Å². The zero-order valence-corrected chi connectivity index (χ0v) is 17.6. The molecule has 0 amide bonds. The highest BCUT2D eigenvalue weighted by atomic mass is 19.1. The third-order valence-electron chi connectivity index (χ3n) is 6.45. The van der Waals surface area contributed by atoms with Crippen LogP contribution in [0.25, 0.3) is 11.3 Å². The summed E-state index contributed by atoms with van der Waals surface area (Å²) in [4.78, 5) is 0. The summed E-state index contributed by atoms with van der Waals surface area (Å²) in [5.41, 5.74) is 3.27. The Balaban J connectivity index is 1.55. The van der Waals surface area contributed by atoms with Gasteiger partial charge in [-0.05, 0) is 67.3 Å². The van der Waals surface area contributed by atoms with Gasteiger partial charge in [0.25, 0.3) is 0 Å². The van der Waals surface area contributed by atoms with E-state index in [4.69, 9.17) is 0 Å². The third kappa shape index (κ3) is 5.86. The molecule has 1 saturated carbocycles. The first-order chi connectivity index (χ1) is 13.7. The van der Waals surface area contributed by atoms with Crippen LogP contribution in [-0.2, 0) is 12.8 Å². The summed E-state index contributed by atoms with van der Waals surface area (Å²) in [7, 11) is 0. The average Bonchev–Trinajstić information content (AvgIpc) is 2.73. The van der Waals surface area contributed by atoms with Gasteiger partial charge in [0.1, 0.15) is 5.82 Å². The lowest BCUT2D eigenvalue weighted by molar-refractivity contribution is 0.259. The van der Waals surface area contributed by atoms with Crippen LogP contribution in [0.1, 0.15) is 82.9 Å². The Morgan fingerprint density at radius 2 is 1.68 bits per heavy atom. The number of hydrogen-bond acceptors (Lipinski definition) is 2. The van der Waals surface area contributed by atoms with E-state index < -0.39 is 0 Å². The molecule has 1 heterocycles. The van der Waals surface area contributed by atoms with E-state index in [2.05, 4.69) is 30.1 Å². The minimum atomic E-state index is -0.180. The summed E-state index contributed by atoms with van der Waals surface area (Å²) in [6.45, 7) is 4.50. The first-order valence-corrected chi connectivity index (χ1v) is 11.3. The molecule has 0 radical (unpaired) electrons. The van der Waals surface area contributed by atoms with Crippen molar-refractivity contribution < 1.29 is 4.39 Å². The van der Waals surface area contributed by atoms with Crippen molar-refractivity contribution in [2.45, 2.75) is 84.5 Å². The molecule has 1 aromatic carbocycles. The van der Waals surface area contributed by atoms with Gasteiger partial charge in [-0.25, -0.2) is 4.39 Å². The number of hydrogen-bond donors (Lipinski definition) is 0. The molecule has 0 saturated heterocycles. The van der Waals surface area contributed by atoms with Crippen molar-refractivity contribution in [2.75, 3.05) is 0 Å². The first kappa shape index (κ1) is 21.0. The highest BCUT2D eigenvalue weighted by molar-refractivity contribution is 5.59. The van der Waals surface area contributed by atoms with Crippen LogP contribution in [0.2, 0.25) is 0 Å². The topological polar surface area (TPSA) is 25.8 Å². The van der Waals surface area contributed by atoms with Gasteiger partial charge < -0.3 is 0 Å². The van der Waals surface area contributed by atoms with Crippen LogP contribution in [0, 0.1) is 17.7 Å². The van der Waals surface area contributed by atoms with Crippen LogP contribution in [-0.4, -0.2) is 10.2 Å². The minimum Gasteiger partial charge on any atom is -0.206 e. The summed E-state index contributed by atoms with van der Waals surface area (Å²) in [5, 5.41) is 8.55. The zero-order valence-electron chi connectivity index (χ0n) is 17.6. The molecule has 2 nitrogen and oxygen atoms in total. The van der Waals surface area contributed by atoms with Gasteiger partial charge in [0.05, 0.1) is 11.4 Å².